The number of esters is 1. The van der Waals surface area contributed by atoms with Gasteiger partial charge in [0.25, 0.3) is 0 Å². The predicted octanol–water partition coefficient (Wildman–Crippen LogP) is 0.507. The van der Waals surface area contributed by atoms with Crippen LogP contribution in [0.4, 0.5) is 0 Å². The molecule has 6 N–H and O–H groups in total. The smallest absolute Gasteiger partial charge is 0.323 e. The fourth-order valence-electron chi connectivity index (χ4n) is 1.09. The molecule has 0 bridgehead atoms. The Balaban J connectivity index is 3.74. The molecule has 0 radical (unpaired) electrons. The topological polar surface area (TPSA) is 127 Å². The van der Waals surface area contributed by atoms with Crippen molar-refractivity contribution < 1.29 is 9.53 Å². The highest BCUT2D eigenvalue weighted by Gasteiger charge is 2.14. The average molecular weight is 336 g/mol. The van der Waals surface area contributed by atoms with Crippen molar-refractivity contribution >= 4 is 37.2 Å². The quantitative estimate of drug-likeness (QED) is 0.144. The number of ether oxygens (including phenoxy) is 1. The van der Waals surface area contributed by atoms with Crippen molar-refractivity contribution in [2.24, 2.45) is 5.73 Å². The highest BCUT2D eigenvalue weighted by Crippen LogP contribution is 2.25. The summed E-state index contributed by atoms with van der Waals surface area (Å²) in [6.07, 6.45) is -0.105. The molecule has 0 aromatic heterocycles. The van der Waals surface area contributed by atoms with E-state index in [2.05, 4.69) is 10.4 Å². The normalized spacial score (nSPS) is 12.4. The van der Waals surface area contributed by atoms with E-state index >= 15 is 0 Å². The maximum Gasteiger partial charge on any atom is 0.323 e. The van der Waals surface area contributed by atoms with Gasteiger partial charge in [-0.2, -0.15) is 0 Å². The zero-order chi connectivity index (χ0) is 16.4. The second-order valence-electron chi connectivity index (χ2n) is 4.61. The first-order valence-electron chi connectivity index (χ1n) is 6.47. The number of carbonyl (C=O) groups excluding carboxylic acids is 1. The van der Waals surface area contributed by atoms with Crippen LogP contribution in [0.25, 0.3) is 0 Å². The molecule has 0 heterocycles. The molecule has 2 atom stereocenters. The van der Waals surface area contributed by atoms with Crippen molar-refractivity contribution in [3.8, 4) is 0 Å². The Morgan fingerprint density at radius 2 is 2.05 bits per heavy atom. The minimum absolute atomic E-state index is 0.0910. The number of hydrogen-bond donors (Lipinski definition) is 5. The van der Waals surface area contributed by atoms with Gasteiger partial charge in [0.15, 0.2) is 11.9 Å². The Kier molecular flexibility index (Phi) is 10.1. The molecule has 0 fully saturated rings. The summed E-state index contributed by atoms with van der Waals surface area (Å²) in [7, 11) is 2.12. The van der Waals surface area contributed by atoms with Gasteiger partial charge in [-0.15, -0.1) is 11.4 Å². The Morgan fingerprint density at radius 1 is 1.43 bits per heavy atom. The fraction of sp³-hybridized carbons (Fsp3) is 0.727. The summed E-state index contributed by atoms with van der Waals surface area (Å²) in [5, 5.41) is 20.2. The van der Waals surface area contributed by atoms with E-state index in [0.29, 0.717) is 14.5 Å². The first-order valence-corrected chi connectivity index (χ1v) is 9.18. The van der Waals surface area contributed by atoms with Crippen LogP contribution in [0.2, 0.25) is 0 Å². The molecule has 0 aliphatic heterocycles. The third kappa shape index (κ3) is 10.3. The molecule has 0 spiro atoms. The molecule has 0 saturated carbocycles. The molecule has 0 saturated heterocycles. The molecule has 0 amide bonds. The van der Waals surface area contributed by atoms with Crippen molar-refractivity contribution in [3.63, 3.8) is 0 Å². The number of nitrogens with zero attached hydrogens (tertiary/aromatic N) is 1. The molecule has 0 aliphatic carbocycles. The molecule has 0 aliphatic rings. The summed E-state index contributed by atoms with van der Waals surface area (Å²) in [4.78, 5) is 13.2. The second kappa shape index (κ2) is 10.6. The van der Waals surface area contributed by atoms with Crippen LogP contribution < -0.4 is 16.1 Å². The number of guanidine groups is 2. The second-order valence-corrected chi connectivity index (χ2v) is 7.28. The fourth-order valence-corrected chi connectivity index (χ4v) is 3.30. The predicted molar refractivity (Wildman–Crippen MR) is 90.0 cm³/mol. The van der Waals surface area contributed by atoms with Crippen molar-refractivity contribution in [1.82, 2.24) is 15.3 Å². The van der Waals surface area contributed by atoms with Gasteiger partial charge >= 0.3 is 5.97 Å². The summed E-state index contributed by atoms with van der Waals surface area (Å²) >= 11 is 1.64. The zero-order valence-corrected chi connectivity index (χ0v) is 14.6. The minimum Gasteiger partial charge on any atom is -0.462 e. The first-order chi connectivity index (χ1) is 9.73. The third-order valence-electron chi connectivity index (χ3n) is 2.22. The van der Waals surface area contributed by atoms with E-state index < -0.39 is 0 Å². The van der Waals surface area contributed by atoms with Crippen LogP contribution in [0.15, 0.2) is 0 Å². The van der Waals surface area contributed by atoms with Gasteiger partial charge in [-0.05, 0) is 20.8 Å². The number of nitrogens with one attached hydrogen (secondary N) is 4. The molecular formula is C11H25N6O2PS. The van der Waals surface area contributed by atoms with Gasteiger partial charge in [0.1, 0.15) is 6.04 Å². The van der Waals surface area contributed by atoms with Gasteiger partial charge in [-0.25, -0.2) is 0 Å². The number of carbonyl (C=O) groups is 1. The standard InChI is InChI=1S/C11H25N6O2PS/c1-7(2)19-9(18)8(3)16-20-21-6-5-17(4)11(14)15-10(12)13/h7-8,16,20H,5-6H2,1-4H3,(H5,12,13,14,15)/t8-/m0/s1. The van der Waals surface area contributed by atoms with Crippen molar-refractivity contribution in [3.05, 3.63) is 0 Å². The Labute approximate surface area is 131 Å². The van der Waals surface area contributed by atoms with Crippen molar-refractivity contribution in [2.75, 3.05) is 19.3 Å². The molecular weight excluding hydrogens is 311 g/mol. The van der Waals surface area contributed by atoms with Gasteiger partial charge in [0.2, 0.25) is 0 Å². The van der Waals surface area contributed by atoms with Crippen LogP contribution in [0.1, 0.15) is 20.8 Å². The van der Waals surface area contributed by atoms with Crippen LogP contribution in [0.5, 0.6) is 0 Å². The highest BCUT2D eigenvalue weighted by atomic mass is 32.7. The lowest BCUT2D eigenvalue weighted by atomic mass is 10.4. The van der Waals surface area contributed by atoms with Crippen LogP contribution in [0.3, 0.4) is 0 Å². The summed E-state index contributed by atoms with van der Waals surface area (Å²) in [6, 6.07) is -0.325. The largest absolute Gasteiger partial charge is 0.462 e. The molecule has 21 heavy (non-hydrogen) atoms. The van der Waals surface area contributed by atoms with Gasteiger partial charge in [-0.1, -0.05) is 0 Å². The average Bonchev–Trinajstić information content (AvgIpc) is 2.36. The van der Waals surface area contributed by atoms with Crippen LogP contribution in [-0.2, 0) is 9.53 Å². The number of rotatable bonds is 8. The first kappa shape index (κ1) is 19.9. The van der Waals surface area contributed by atoms with E-state index in [-0.39, 0.29) is 30.0 Å². The maximum absolute atomic E-state index is 11.6. The summed E-state index contributed by atoms with van der Waals surface area (Å²) in [5.74, 6) is 0.382. The lowest BCUT2D eigenvalue weighted by molar-refractivity contribution is -0.148. The minimum atomic E-state index is -0.325. The lowest BCUT2D eigenvalue weighted by Gasteiger charge is -2.20. The zero-order valence-electron chi connectivity index (χ0n) is 12.8. The van der Waals surface area contributed by atoms with Crippen LogP contribution in [0, 0.1) is 10.8 Å². The van der Waals surface area contributed by atoms with E-state index in [1.165, 1.54) is 0 Å². The van der Waals surface area contributed by atoms with Crippen LogP contribution in [-0.4, -0.2) is 54.3 Å². The molecule has 8 nitrogen and oxygen atoms in total. The SMILES string of the molecule is CC(C)OC(=O)[C@H](C)NPSCCN(C)C(=N)NC(=N)N. The Hall–Kier alpha value is -1.05. The summed E-state index contributed by atoms with van der Waals surface area (Å²) in [5.41, 5.74) is 5.15. The molecule has 0 rings (SSSR count). The van der Waals surface area contributed by atoms with Crippen molar-refractivity contribution in [1.29, 1.82) is 10.8 Å². The number of hydrogen-bond acceptors (Lipinski definition) is 6. The van der Waals surface area contributed by atoms with E-state index in [4.69, 9.17) is 21.3 Å². The Morgan fingerprint density at radius 3 is 2.57 bits per heavy atom. The van der Waals surface area contributed by atoms with Gasteiger partial charge in [-0.3, -0.25) is 26.0 Å². The van der Waals surface area contributed by atoms with E-state index in [0.717, 1.165) is 5.75 Å². The van der Waals surface area contributed by atoms with Crippen molar-refractivity contribution in [2.45, 2.75) is 32.9 Å². The molecule has 1 unspecified atom stereocenters. The van der Waals surface area contributed by atoms with Gasteiger partial charge < -0.3 is 15.4 Å². The monoisotopic (exact) mass is 336 g/mol. The Bertz CT molecular complexity index is 369. The maximum atomic E-state index is 11.6. The number of nitrogens with two attached hydrogens (primary N) is 1. The third-order valence-corrected chi connectivity index (χ3v) is 4.70. The molecule has 122 valence electrons. The van der Waals surface area contributed by atoms with E-state index in [1.54, 1.807) is 30.3 Å². The highest BCUT2D eigenvalue weighted by molar-refractivity contribution is 8.49. The van der Waals surface area contributed by atoms with E-state index in [9.17, 15) is 4.79 Å². The molecule has 0 aromatic carbocycles. The van der Waals surface area contributed by atoms with Gasteiger partial charge in [0, 0.05) is 27.3 Å². The lowest BCUT2D eigenvalue weighted by Crippen LogP contribution is -2.44. The van der Waals surface area contributed by atoms with Gasteiger partial charge in [0.05, 0.1) is 6.10 Å². The summed E-state index contributed by atoms with van der Waals surface area (Å²) < 4.78 is 5.09. The summed E-state index contributed by atoms with van der Waals surface area (Å²) in [6.45, 7) is 6.06. The van der Waals surface area contributed by atoms with Crippen LogP contribution >= 0.6 is 19.3 Å². The molecule has 10 heteroatoms. The van der Waals surface area contributed by atoms with E-state index in [1.807, 2.05) is 13.8 Å². The molecule has 0 aromatic rings.